The maximum absolute atomic E-state index is 12.3. The van der Waals surface area contributed by atoms with E-state index < -0.39 is 0 Å². The van der Waals surface area contributed by atoms with Crippen molar-refractivity contribution in [2.75, 3.05) is 44.8 Å². The Morgan fingerprint density at radius 3 is 2.50 bits per heavy atom. The van der Waals surface area contributed by atoms with Crippen LogP contribution in [0.1, 0.15) is 5.01 Å². The maximum atomic E-state index is 12.3. The third-order valence-electron chi connectivity index (χ3n) is 3.84. The Labute approximate surface area is 144 Å². The van der Waals surface area contributed by atoms with Gasteiger partial charge in [-0.15, -0.1) is 10.2 Å². The molecule has 0 spiro atoms. The van der Waals surface area contributed by atoms with Crippen LogP contribution < -0.4 is 14.4 Å². The van der Waals surface area contributed by atoms with Crippen LogP contribution in [-0.4, -0.2) is 60.9 Å². The molecule has 0 atom stereocenters. The third kappa shape index (κ3) is 3.76. The first-order valence-electron chi connectivity index (χ1n) is 7.76. The molecule has 24 heavy (non-hydrogen) atoms. The normalized spacial score (nSPS) is 14.6. The van der Waals surface area contributed by atoms with Crippen LogP contribution in [-0.2, 0) is 4.79 Å². The summed E-state index contributed by atoms with van der Waals surface area (Å²) in [6.07, 6.45) is 0. The molecule has 0 saturated carbocycles. The number of piperazine rings is 1. The number of hydrogen-bond donors (Lipinski definition) is 0. The lowest BCUT2D eigenvalue weighted by molar-refractivity contribution is -0.133. The number of aryl methyl sites for hydroxylation is 1. The third-order valence-corrected chi connectivity index (χ3v) is 4.74. The van der Waals surface area contributed by atoms with Gasteiger partial charge in [0.15, 0.2) is 18.1 Å². The molecule has 7 nitrogen and oxygen atoms in total. The Morgan fingerprint density at radius 1 is 1.17 bits per heavy atom. The van der Waals surface area contributed by atoms with Crippen LogP contribution in [0.15, 0.2) is 24.3 Å². The summed E-state index contributed by atoms with van der Waals surface area (Å²) in [7, 11) is 1.58. The first-order chi connectivity index (χ1) is 11.7. The van der Waals surface area contributed by atoms with E-state index >= 15 is 0 Å². The number of anilines is 1. The van der Waals surface area contributed by atoms with Gasteiger partial charge < -0.3 is 19.3 Å². The lowest BCUT2D eigenvalue weighted by atomic mass is 10.3. The molecule has 0 N–H and O–H groups in total. The zero-order chi connectivity index (χ0) is 16.9. The molecule has 3 rings (SSSR count). The second-order valence-corrected chi connectivity index (χ2v) is 6.57. The summed E-state index contributed by atoms with van der Waals surface area (Å²) in [6, 6.07) is 7.32. The number of aromatic nitrogens is 2. The summed E-state index contributed by atoms with van der Waals surface area (Å²) in [5, 5.41) is 10.1. The van der Waals surface area contributed by atoms with Gasteiger partial charge in [0.2, 0.25) is 5.13 Å². The fourth-order valence-corrected chi connectivity index (χ4v) is 3.27. The van der Waals surface area contributed by atoms with Crippen molar-refractivity contribution in [1.29, 1.82) is 0 Å². The number of carbonyl (C=O) groups excluding carboxylic acids is 1. The number of hydrogen-bond acceptors (Lipinski definition) is 7. The fourth-order valence-electron chi connectivity index (χ4n) is 2.53. The molecule has 8 heteroatoms. The molecule has 0 radical (unpaired) electrons. The number of amides is 1. The van der Waals surface area contributed by atoms with Gasteiger partial charge in [-0.25, -0.2) is 0 Å². The highest BCUT2D eigenvalue weighted by Crippen LogP contribution is 2.26. The predicted octanol–water partition coefficient (Wildman–Crippen LogP) is 1.58. The van der Waals surface area contributed by atoms with Crippen molar-refractivity contribution in [1.82, 2.24) is 15.1 Å². The van der Waals surface area contributed by atoms with E-state index in [1.54, 1.807) is 24.5 Å². The smallest absolute Gasteiger partial charge is 0.260 e. The molecule has 0 aliphatic carbocycles. The quantitative estimate of drug-likeness (QED) is 0.817. The van der Waals surface area contributed by atoms with E-state index in [9.17, 15) is 4.79 Å². The van der Waals surface area contributed by atoms with Crippen molar-refractivity contribution in [2.24, 2.45) is 0 Å². The predicted molar refractivity (Wildman–Crippen MR) is 91.9 cm³/mol. The summed E-state index contributed by atoms with van der Waals surface area (Å²) in [6.45, 7) is 4.79. The van der Waals surface area contributed by atoms with Crippen molar-refractivity contribution < 1.29 is 14.3 Å². The molecule has 0 unspecified atom stereocenters. The van der Waals surface area contributed by atoms with Gasteiger partial charge in [-0.3, -0.25) is 4.79 Å². The van der Waals surface area contributed by atoms with E-state index in [1.807, 2.05) is 30.0 Å². The Kier molecular flexibility index (Phi) is 5.14. The van der Waals surface area contributed by atoms with E-state index in [0.29, 0.717) is 24.6 Å². The van der Waals surface area contributed by atoms with E-state index in [1.165, 1.54) is 0 Å². The van der Waals surface area contributed by atoms with Gasteiger partial charge in [0.1, 0.15) is 5.01 Å². The van der Waals surface area contributed by atoms with Crippen LogP contribution in [0, 0.1) is 6.92 Å². The number of ether oxygens (including phenoxy) is 2. The summed E-state index contributed by atoms with van der Waals surface area (Å²) in [5.41, 5.74) is 0. The zero-order valence-electron chi connectivity index (χ0n) is 13.8. The van der Waals surface area contributed by atoms with Gasteiger partial charge in [0.25, 0.3) is 5.91 Å². The molecule has 2 heterocycles. The van der Waals surface area contributed by atoms with Crippen molar-refractivity contribution in [3.8, 4) is 11.5 Å². The number of benzene rings is 1. The van der Waals surface area contributed by atoms with Gasteiger partial charge in [-0.1, -0.05) is 23.5 Å². The van der Waals surface area contributed by atoms with E-state index in [-0.39, 0.29) is 12.5 Å². The maximum Gasteiger partial charge on any atom is 0.260 e. The SMILES string of the molecule is COc1ccccc1OCC(=O)N1CCN(c2nnc(C)s2)CC1. The summed E-state index contributed by atoms with van der Waals surface area (Å²) >= 11 is 1.58. The number of carbonyl (C=O) groups is 1. The number of nitrogens with zero attached hydrogens (tertiary/aromatic N) is 4. The Bertz CT molecular complexity index is 698. The van der Waals surface area contributed by atoms with Crippen LogP contribution in [0.2, 0.25) is 0 Å². The number of methoxy groups -OCH3 is 1. The minimum atomic E-state index is -0.0194. The van der Waals surface area contributed by atoms with Crippen molar-refractivity contribution in [2.45, 2.75) is 6.92 Å². The standard InChI is InChI=1S/C16H20N4O3S/c1-12-17-18-16(24-12)20-9-7-19(8-10-20)15(21)11-23-14-6-4-3-5-13(14)22-2/h3-6H,7-11H2,1-2H3. The first-order valence-corrected chi connectivity index (χ1v) is 8.57. The van der Waals surface area contributed by atoms with E-state index in [0.717, 1.165) is 23.2 Å². The van der Waals surface area contributed by atoms with Gasteiger partial charge in [0, 0.05) is 26.2 Å². The van der Waals surface area contributed by atoms with Crippen LogP contribution in [0.5, 0.6) is 11.5 Å². The fraction of sp³-hybridized carbons (Fsp3) is 0.438. The minimum absolute atomic E-state index is 0.0122. The van der Waals surface area contributed by atoms with Crippen LogP contribution in [0.4, 0.5) is 5.13 Å². The molecule has 1 aromatic carbocycles. The van der Waals surface area contributed by atoms with Crippen molar-refractivity contribution in [3.05, 3.63) is 29.3 Å². The zero-order valence-corrected chi connectivity index (χ0v) is 14.6. The van der Waals surface area contributed by atoms with E-state index in [2.05, 4.69) is 15.1 Å². The Hall–Kier alpha value is -2.35. The molecule has 128 valence electrons. The molecule has 1 amide bonds. The van der Waals surface area contributed by atoms with Crippen LogP contribution in [0.3, 0.4) is 0 Å². The lowest BCUT2D eigenvalue weighted by Gasteiger charge is -2.34. The first kappa shape index (κ1) is 16.5. The highest BCUT2D eigenvalue weighted by molar-refractivity contribution is 7.15. The summed E-state index contributed by atoms with van der Waals surface area (Å²) in [5.74, 6) is 1.19. The number of para-hydroxylation sites is 2. The molecule has 2 aromatic rings. The van der Waals surface area contributed by atoms with Gasteiger partial charge >= 0.3 is 0 Å². The largest absolute Gasteiger partial charge is 0.493 e. The Balaban J connectivity index is 1.50. The highest BCUT2D eigenvalue weighted by Gasteiger charge is 2.23. The molecule has 1 fully saturated rings. The number of rotatable bonds is 5. The summed E-state index contributed by atoms with van der Waals surface area (Å²) in [4.78, 5) is 16.3. The molecule has 1 aliphatic heterocycles. The van der Waals surface area contributed by atoms with Crippen molar-refractivity contribution >= 4 is 22.4 Å². The highest BCUT2D eigenvalue weighted by atomic mass is 32.1. The molecular formula is C16H20N4O3S. The monoisotopic (exact) mass is 348 g/mol. The van der Waals surface area contributed by atoms with Crippen LogP contribution in [0.25, 0.3) is 0 Å². The molecule has 1 aromatic heterocycles. The average molecular weight is 348 g/mol. The molecular weight excluding hydrogens is 328 g/mol. The Morgan fingerprint density at radius 2 is 1.88 bits per heavy atom. The second-order valence-electron chi connectivity index (χ2n) is 5.41. The molecule has 1 aliphatic rings. The molecule has 1 saturated heterocycles. The molecule has 0 bridgehead atoms. The van der Waals surface area contributed by atoms with Crippen LogP contribution >= 0.6 is 11.3 Å². The van der Waals surface area contributed by atoms with Gasteiger partial charge in [-0.05, 0) is 19.1 Å². The lowest BCUT2D eigenvalue weighted by Crippen LogP contribution is -2.50. The van der Waals surface area contributed by atoms with Gasteiger partial charge in [-0.2, -0.15) is 0 Å². The topological polar surface area (TPSA) is 67.8 Å². The average Bonchev–Trinajstić information content (AvgIpc) is 3.06. The van der Waals surface area contributed by atoms with E-state index in [4.69, 9.17) is 9.47 Å². The minimum Gasteiger partial charge on any atom is -0.493 e. The summed E-state index contributed by atoms with van der Waals surface area (Å²) < 4.78 is 10.8. The van der Waals surface area contributed by atoms with Gasteiger partial charge in [0.05, 0.1) is 7.11 Å². The second kappa shape index (κ2) is 7.48. The van der Waals surface area contributed by atoms with Crippen molar-refractivity contribution in [3.63, 3.8) is 0 Å².